The molecule has 0 bridgehead atoms. The van der Waals surface area contributed by atoms with E-state index in [1.54, 1.807) is 24.4 Å². The molecule has 0 aliphatic carbocycles. The van der Waals surface area contributed by atoms with Crippen LogP contribution in [0.4, 0.5) is 5.69 Å². The Morgan fingerprint density at radius 3 is 2.58 bits per heavy atom. The molecule has 1 aromatic carbocycles. The number of amides is 1. The third kappa shape index (κ3) is 4.11. The standard InChI is InChI=1S/C15H19N3O4S2/c1-10-4-5-12(8-13(10)24(21,22)16-3)17-14(19)6-7-18-11(2)9-23-15(18)20/h4-5,8-9,16H,6-7H2,1-3H3,(H,17,19). The van der Waals surface area contributed by atoms with Crippen molar-refractivity contribution in [1.29, 1.82) is 0 Å². The van der Waals surface area contributed by atoms with Gasteiger partial charge in [-0.15, -0.1) is 0 Å². The molecule has 2 aromatic rings. The fourth-order valence-electron chi connectivity index (χ4n) is 2.19. The second kappa shape index (κ2) is 7.29. The van der Waals surface area contributed by atoms with Crippen molar-refractivity contribution >= 4 is 33.0 Å². The van der Waals surface area contributed by atoms with Crippen LogP contribution in [0.3, 0.4) is 0 Å². The molecule has 24 heavy (non-hydrogen) atoms. The van der Waals surface area contributed by atoms with Gasteiger partial charge >= 0.3 is 4.87 Å². The van der Waals surface area contributed by atoms with Gasteiger partial charge in [-0.1, -0.05) is 17.4 Å². The summed E-state index contributed by atoms with van der Waals surface area (Å²) in [7, 11) is -2.26. The Morgan fingerprint density at radius 2 is 2.00 bits per heavy atom. The lowest BCUT2D eigenvalue weighted by molar-refractivity contribution is -0.116. The molecule has 130 valence electrons. The fraction of sp³-hybridized carbons (Fsp3) is 0.333. The summed E-state index contributed by atoms with van der Waals surface area (Å²) in [5.74, 6) is -0.288. The van der Waals surface area contributed by atoms with E-state index in [1.165, 1.54) is 17.7 Å². The number of aromatic nitrogens is 1. The number of hydrogen-bond acceptors (Lipinski definition) is 5. The number of thiazole rings is 1. The van der Waals surface area contributed by atoms with E-state index < -0.39 is 10.0 Å². The maximum Gasteiger partial charge on any atom is 0.307 e. The van der Waals surface area contributed by atoms with Crippen LogP contribution >= 0.6 is 11.3 Å². The van der Waals surface area contributed by atoms with Crippen molar-refractivity contribution in [3.05, 3.63) is 44.5 Å². The number of hydrogen-bond donors (Lipinski definition) is 2. The van der Waals surface area contributed by atoms with Crippen LogP contribution in [-0.2, 0) is 21.4 Å². The molecule has 9 heteroatoms. The molecule has 0 atom stereocenters. The highest BCUT2D eigenvalue weighted by atomic mass is 32.2. The van der Waals surface area contributed by atoms with Crippen molar-refractivity contribution in [3.63, 3.8) is 0 Å². The Morgan fingerprint density at radius 1 is 1.29 bits per heavy atom. The zero-order valence-corrected chi connectivity index (χ0v) is 15.3. The number of carbonyl (C=O) groups excluding carboxylic acids is 1. The molecule has 1 heterocycles. The topological polar surface area (TPSA) is 97.3 Å². The van der Waals surface area contributed by atoms with Crippen LogP contribution in [-0.4, -0.2) is 25.9 Å². The highest BCUT2D eigenvalue weighted by Crippen LogP contribution is 2.20. The molecule has 1 amide bonds. The van der Waals surface area contributed by atoms with Crippen LogP contribution in [0.25, 0.3) is 0 Å². The molecule has 0 fully saturated rings. The number of carbonyl (C=O) groups is 1. The van der Waals surface area contributed by atoms with Gasteiger partial charge in [-0.25, -0.2) is 13.1 Å². The molecule has 0 saturated carbocycles. The van der Waals surface area contributed by atoms with Crippen LogP contribution in [0.15, 0.2) is 33.3 Å². The van der Waals surface area contributed by atoms with Crippen LogP contribution in [0.5, 0.6) is 0 Å². The van der Waals surface area contributed by atoms with Gasteiger partial charge in [0, 0.05) is 29.7 Å². The monoisotopic (exact) mass is 369 g/mol. The third-order valence-electron chi connectivity index (χ3n) is 3.57. The molecule has 7 nitrogen and oxygen atoms in total. The summed E-state index contributed by atoms with van der Waals surface area (Å²) in [6.45, 7) is 3.78. The lowest BCUT2D eigenvalue weighted by Crippen LogP contribution is -2.21. The van der Waals surface area contributed by atoms with E-state index in [0.717, 1.165) is 17.0 Å². The van der Waals surface area contributed by atoms with E-state index >= 15 is 0 Å². The van der Waals surface area contributed by atoms with E-state index in [9.17, 15) is 18.0 Å². The van der Waals surface area contributed by atoms with E-state index in [4.69, 9.17) is 0 Å². The first-order valence-corrected chi connectivity index (χ1v) is 9.60. The minimum absolute atomic E-state index is 0.0990. The zero-order chi connectivity index (χ0) is 17.9. The van der Waals surface area contributed by atoms with Gasteiger partial charge in [-0.2, -0.15) is 0 Å². The number of anilines is 1. The predicted molar refractivity (Wildman–Crippen MR) is 94.0 cm³/mol. The normalized spacial score (nSPS) is 11.5. The predicted octanol–water partition coefficient (Wildman–Crippen LogP) is 1.46. The summed E-state index contributed by atoms with van der Waals surface area (Å²) in [5.41, 5.74) is 1.80. The third-order valence-corrected chi connectivity index (χ3v) is 6.01. The Bertz CT molecular complexity index is 913. The number of benzene rings is 1. The molecule has 0 radical (unpaired) electrons. The number of nitrogens with zero attached hydrogens (tertiary/aromatic N) is 1. The van der Waals surface area contributed by atoms with E-state index in [0.29, 0.717) is 11.3 Å². The quantitative estimate of drug-likeness (QED) is 0.806. The largest absolute Gasteiger partial charge is 0.326 e. The molecule has 0 saturated heterocycles. The first kappa shape index (κ1) is 18.4. The number of rotatable bonds is 6. The van der Waals surface area contributed by atoms with Crippen LogP contribution in [0, 0.1) is 13.8 Å². The van der Waals surface area contributed by atoms with Gasteiger partial charge in [-0.05, 0) is 38.6 Å². The smallest absolute Gasteiger partial charge is 0.307 e. The number of aryl methyl sites for hydroxylation is 2. The molecule has 0 unspecified atom stereocenters. The lowest BCUT2D eigenvalue weighted by atomic mass is 10.2. The second-order valence-electron chi connectivity index (χ2n) is 5.28. The van der Waals surface area contributed by atoms with Crippen LogP contribution in [0.1, 0.15) is 17.7 Å². The molecule has 0 spiro atoms. The number of sulfonamides is 1. The summed E-state index contributed by atoms with van der Waals surface area (Å²) in [6.07, 6.45) is 0.124. The van der Waals surface area contributed by atoms with Crippen molar-refractivity contribution in [1.82, 2.24) is 9.29 Å². The number of nitrogens with one attached hydrogen (secondary N) is 2. The first-order valence-electron chi connectivity index (χ1n) is 7.23. The van der Waals surface area contributed by atoms with Gasteiger partial charge in [-0.3, -0.25) is 9.59 Å². The zero-order valence-electron chi connectivity index (χ0n) is 13.6. The summed E-state index contributed by atoms with van der Waals surface area (Å²) < 4.78 is 27.7. The Hall–Kier alpha value is -1.97. The summed E-state index contributed by atoms with van der Waals surface area (Å²) in [4.78, 5) is 23.7. The molecule has 2 rings (SSSR count). The first-order chi connectivity index (χ1) is 11.2. The summed E-state index contributed by atoms with van der Waals surface area (Å²) in [6, 6.07) is 4.69. The molecule has 1 aromatic heterocycles. The minimum Gasteiger partial charge on any atom is -0.326 e. The van der Waals surface area contributed by atoms with Gasteiger partial charge in [0.25, 0.3) is 0 Å². The molecular formula is C15H19N3O4S2. The Kier molecular flexibility index (Phi) is 5.58. The lowest BCUT2D eigenvalue weighted by Gasteiger charge is -2.11. The molecular weight excluding hydrogens is 350 g/mol. The van der Waals surface area contributed by atoms with Gasteiger partial charge in [0.05, 0.1) is 4.90 Å². The maximum atomic E-state index is 12.1. The highest BCUT2D eigenvalue weighted by molar-refractivity contribution is 7.89. The van der Waals surface area contributed by atoms with E-state index in [-0.39, 0.29) is 28.6 Å². The highest BCUT2D eigenvalue weighted by Gasteiger charge is 2.16. The van der Waals surface area contributed by atoms with E-state index in [2.05, 4.69) is 10.0 Å². The SMILES string of the molecule is CNS(=O)(=O)c1cc(NC(=O)CCn2c(C)csc2=O)ccc1C. The minimum atomic E-state index is -3.59. The molecule has 0 aliphatic rings. The van der Waals surface area contributed by atoms with Crippen molar-refractivity contribution in [3.8, 4) is 0 Å². The van der Waals surface area contributed by atoms with Crippen molar-refractivity contribution in [2.45, 2.75) is 31.7 Å². The second-order valence-corrected chi connectivity index (χ2v) is 7.96. The van der Waals surface area contributed by atoms with E-state index in [1.807, 2.05) is 6.92 Å². The van der Waals surface area contributed by atoms with Crippen molar-refractivity contribution < 1.29 is 13.2 Å². The van der Waals surface area contributed by atoms with Crippen molar-refractivity contribution in [2.75, 3.05) is 12.4 Å². The maximum absolute atomic E-state index is 12.1. The van der Waals surface area contributed by atoms with Crippen LogP contribution < -0.4 is 14.9 Å². The van der Waals surface area contributed by atoms with Gasteiger partial charge < -0.3 is 9.88 Å². The molecule has 2 N–H and O–H groups in total. The Labute approximate surface area is 144 Å². The summed E-state index contributed by atoms with van der Waals surface area (Å²) >= 11 is 1.10. The fourth-order valence-corrected chi connectivity index (χ4v) is 3.94. The van der Waals surface area contributed by atoms with Gasteiger partial charge in [0.15, 0.2) is 0 Å². The average molecular weight is 369 g/mol. The van der Waals surface area contributed by atoms with Gasteiger partial charge in [0.2, 0.25) is 15.9 Å². The Balaban J connectivity index is 2.10. The van der Waals surface area contributed by atoms with Crippen molar-refractivity contribution in [2.24, 2.45) is 0 Å². The average Bonchev–Trinajstić information content (AvgIpc) is 2.85. The molecule has 0 aliphatic heterocycles. The van der Waals surface area contributed by atoms with Crippen LogP contribution in [0.2, 0.25) is 0 Å². The summed E-state index contributed by atoms with van der Waals surface area (Å²) in [5, 5.41) is 4.41. The van der Waals surface area contributed by atoms with Gasteiger partial charge in [0.1, 0.15) is 0 Å².